The van der Waals surface area contributed by atoms with Crippen molar-refractivity contribution in [1.29, 1.82) is 0 Å². The van der Waals surface area contributed by atoms with Crippen LogP contribution in [-0.4, -0.2) is 18.1 Å². The molecule has 2 N–H and O–H groups in total. The van der Waals surface area contributed by atoms with Gasteiger partial charge in [0, 0.05) is 5.56 Å². The molecule has 15 heavy (non-hydrogen) atoms. The number of carbonyl (C=O) groups excluding carboxylic acids is 1. The molecule has 0 amide bonds. The van der Waals surface area contributed by atoms with Crippen LogP contribution in [0, 0.1) is 0 Å². The number of nitrogens with two attached hydrogens (primary N) is 1. The van der Waals surface area contributed by atoms with Crippen LogP contribution < -0.4 is 5.73 Å². The maximum absolute atomic E-state index is 10.8. The van der Waals surface area contributed by atoms with Crippen LogP contribution in [0.1, 0.15) is 12.0 Å². The van der Waals surface area contributed by atoms with Gasteiger partial charge in [-0.05, 0) is 6.07 Å². The molecule has 80 valence electrons. The predicted molar refractivity (Wildman–Crippen MR) is 59.3 cm³/mol. The lowest BCUT2D eigenvalue weighted by atomic mass is 10.2. The Balaban J connectivity index is 2.71. The molecule has 0 aliphatic carbocycles. The van der Waals surface area contributed by atoms with Gasteiger partial charge in [0.2, 0.25) is 0 Å². The van der Waals surface area contributed by atoms with Gasteiger partial charge in [0.25, 0.3) is 0 Å². The molecule has 0 fully saturated rings. The van der Waals surface area contributed by atoms with Gasteiger partial charge < -0.3 is 10.5 Å². The van der Waals surface area contributed by atoms with Crippen molar-refractivity contribution in [2.24, 2.45) is 0 Å². The normalized spacial score (nSPS) is 10.5. The van der Waals surface area contributed by atoms with E-state index in [2.05, 4.69) is 9.72 Å². The van der Waals surface area contributed by atoms with Crippen molar-refractivity contribution in [3.63, 3.8) is 0 Å². The Kier molecular flexibility index (Phi) is 4.12. The second kappa shape index (κ2) is 5.36. The fraction of sp³-hybridized carbons (Fsp3) is 0.200. The molecular weight excluding hydrogens is 216 g/mol. The number of methoxy groups -OCH3 is 1. The van der Waals surface area contributed by atoms with Gasteiger partial charge in [0.15, 0.2) is 0 Å². The van der Waals surface area contributed by atoms with Crippen LogP contribution in [-0.2, 0) is 9.53 Å². The molecule has 0 spiro atoms. The number of rotatable bonds is 3. The van der Waals surface area contributed by atoms with E-state index in [-0.39, 0.29) is 12.4 Å². The van der Waals surface area contributed by atoms with E-state index in [9.17, 15) is 4.79 Å². The summed E-state index contributed by atoms with van der Waals surface area (Å²) in [5.74, 6) is -0.306. The van der Waals surface area contributed by atoms with Gasteiger partial charge in [0.1, 0.15) is 5.15 Å². The summed E-state index contributed by atoms with van der Waals surface area (Å²) in [6.07, 6.45) is 5.00. The molecule has 0 aliphatic heterocycles. The summed E-state index contributed by atoms with van der Waals surface area (Å²) in [5, 5.41) is 0.352. The summed E-state index contributed by atoms with van der Waals surface area (Å²) < 4.78 is 4.48. The van der Waals surface area contributed by atoms with Gasteiger partial charge >= 0.3 is 5.97 Å². The summed E-state index contributed by atoms with van der Waals surface area (Å²) in [7, 11) is 1.34. The molecule has 0 aromatic carbocycles. The van der Waals surface area contributed by atoms with Gasteiger partial charge in [-0.3, -0.25) is 4.79 Å². The average molecular weight is 227 g/mol. The van der Waals surface area contributed by atoms with Crippen LogP contribution in [0.3, 0.4) is 0 Å². The van der Waals surface area contributed by atoms with Gasteiger partial charge in [-0.25, -0.2) is 4.98 Å². The zero-order valence-electron chi connectivity index (χ0n) is 8.24. The molecule has 1 aromatic rings. The smallest absolute Gasteiger partial charge is 0.309 e. The number of ether oxygens (including phenoxy) is 1. The molecule has 0 saturated carbocycles. The van der Waals surface area contributed by atoms with Crippen molar-refractivity contribution in [3.8, 4) is 0 Å². The van der Waals surface area contributed by atoms with Crippen molar-refractivity contribution < 1.29 is 9.53 Å². The molecule has 0 atom stereocenters. The van der Waals surface area contributed by atoms with E-state index in [1.54, 1.807) is 18.2 Å². The third-order valence-electron chi connectivity index (χ3n) is 1.70. The van der Waals surface area contributed by atoms with Crippen molar-refractivity contribution in [2.75, 3.05) is 12.8 Å². The van der Waals surface area contributed by atoms with E-state index in [1.807, 2.05) is 0 Å². The monoisotopic (exact) mass is 226 g/mol. The molecular formula is C10H11ClN2O2. The van der Waals surface area contributed by atoms with Crippen LogP contribution in [0.2, 0.25) is 5.15 Å². The lowest BCUT2D eigenvalue weighted by molar-refractivity contribution is -0.139. The zero-order chi connectivity index (χ0) is 11.3. The molecule has 0 bridgehead atoms. The lowest BCUT2D eigenvalue weighted by Gasteiger charge is -1.98. The number of hydrogen-bond donors (Lipinski definition) is 1. The Bertz CT molecular complexity index is 391. The van der Waals surface area contributed by atoms with E-state index < -0.39 is 0 Å². The van der Waals surface area contributed by atoms with Gasteiger partial charge in [-0.15, -0.1) is 0 Å². The summed E-state index contributed by atoms with van der Waals surface area (Å²) >= 11 is 5.81. The van der Waals surface area contributed by atoms with Crippen molar-refractivity contribution in [2.45, 2.75) is 6.42 Å². The topological polar surface area (TPSA) is 65.2 Å². The van der Waals surface area contributed by atoms with Crippen LogP contribution in [0.25, 0.3) is 6.08 Å². The minimum Gasteiger partial charge on any atom is -0.469 e. The number of halogens is 1. The van der Waals surface area contributed by atoms with E-state index >= 15 is 0 Å². The highest BCUT2D eigenvalue weighted by molar-refractivity contribution is 6.30. The molecule has 1 aromatic heterocycles. The van der Waals surface area contributed by atoms with E-state index in [0.29, 0.717) is 16.4 Å². The lowest BCUT2D eigenvalue weighted by Crippen LogP contribution is -1.96. The average Bonchev–Trinajstić information content (AvgIpc) is 2.23. The molecule has 0 aliphatic rings. The summed E-state index contributed by atoms with van der Waals surface area (Å²) in [5.41, 5.74) is 6.74. The van der Waals surface area contributed by atoms with E-state index in [0.717, 1.165) is 0 Å². The van der Waals surface area contributed by atoms with E-state index in [1.165, 1.54) is 13.3 Å². The highest BCUT2D eigenvalue weighted by atomic mass is 35.5. The van der Waals surface area contributed by atoms with Crippen LogP contribution in [0.15, 0.2) is 18.3 Å². The molecule has 0 radical (unpaired) electrons. The molecule has 4 nitrogen and oxygen atoms in total. The van der Waals surface area contributed by atoms with Gasteiger partial charge in [-0.1, -0.05) is 23.8 Å². The number of aromatic nitrogens is 1. The standard InChI is InChI=1S/C10H11ClN2O2/c1-15-9(14)4-2-3-7-5-8(12)6-13-10(7)11/h2-3,5-6H,4,12H2,1H3. The highest BCUT2D eigenvalue weighted by Crippen LogP contribution is 2.17. The van der Waals surface area contributed by atoms with Crippen molar-refractivity contribution in [3.05, 3.63) is 29.1 Å². The third kappa shape index (κ3) is 3.59. The minimum atomic E-state index is -0.306. The first-order valence-corrected chi connectivity index (χ1v) is 4.65. The molecule has 0 unspecified atom stereocenters. The van der Waals surface area contributed by atoms with Crippen LogP contribution in [0.4, 0.5) is 5.69 Å². The van der Waals surface area contributed by atoms with Crippen LogP contribution >= 0.6 is 11.6 Å². The first-order chi connectivity index (χ1) is 7.13. The van der Waals surface area contributed by atoms with Crippen LogP contribution in [0.5, 0.6) is 0 Å². The van der Waals surface area contributed by atoms with E-state index in [4.69, 9.17) is 17.3 Å². The maximum atomic E-state index is 10.8. The Morgan fingerprint density at radius 1 is 1.73 bits per heavy atom. The first kappa shape index (κ1) is 11.5. The number of pyridine rings is 1. The minimum absolute atomic E-state index is 0.196. The Morgan fingerprint density at radius 3 is 3.13 bits per heavy atom. The molecule has 1 heterocycles. The Hall–Kier alpha value is -1.55. The molecule has 5 heteroatoms. The molecule has 0 saturated heterocycles. The van der Waals surface area contributed by atoms with Gasteiger partial charge in [-0.2, -0.15) is 0 Å². The predicted octanol–water partition coefficient (Wildman–Crippen LogP) is 1.89. The number of nitrogens with zero attached hydrogens (tertiary/aromatic N) is 1. The zero-order valence-corrected chi connectivity index (χ0v) is 8.99. The number of nitrogen functional groups attached to an aromatic ring is 1. The number of anilines is 1. The fourth-order valence-corrected chi connectivity index (χ4v) is 1.13. The number of carbonyl (C=O) groups is 1. The molecule has 1 rings (SSSR count). The van der Waals surface area contributed by atoms with Crippen molar-refractivity contribution >= 4 is 29.3 Å². The third-order valence-corrected chi connectivity index (χ3v) is 2.01. The largest absolute Gasteiger partial charge is 0.469 e. The quantitative estimate of drug-likeness (QED) is 0.632. The summed E-state index contributed by atoms with van der Waals surface area (Å²) in [6.45, 7) is 0. The summed E-state index contributed by atoms with van der Waals surface area (Å²) in [4.78, 5) is 14.7. The second-order valence-corrected chi connectivity index (χ2v) is 3.19. The Labute approximate surface area is 92.7 Å². The first-order valence-electron chi connectivity index (χ1n) is 4.28. The summed E-state index contributed by atoms with van der Waals surface area (Å²) in [6, 6.07) is 1.68. The number of esters is 1. The van der Waals surface area contributed by atoms with Gasteiger partial charge in [0.05, 0.1) is 25.4 Å². The fourth-order valence-electron chi connectivity index (χ4n) is 0.964. The SMILES string of the molecule is COC(=O)CC=Cc1cc(N)cnc1Cl. The Morgan fingerprint density at radius 2 is 2.47 bits per heavy atom. The number of hydrogen-bond acceptors (Lipinski definition) is 4. The maximum Gasteiger partial charge on any atom is 0.309 e. The van der Waals surface area contributed by atoms with Crippen molar-refractivity contribution in [1.82, 2.24) is 4.98 Å². The highest BCUT2D eigenvalue weighted by Gasteiger charge is 1.99. The second-order valence-electron chi connectivity index (χ2n) is 2.83.